The van der Waals surface area contributed by atoms with Gasteiger partial charge in [-0.1, -0.05) is 39.8 Å². The molecular formula is C20H34N2O3. The maximum atomic E-state index is 11.9. The molecule has 1 aromatic carbocycles. The summed E-state index contributed by atoms with van der Waals surface area (Å²) in [7, 11) is 0. The minimum absolute atomic E-state index is 0.0469. The van der Waals surface area contributed by atoms with Crippen LogP contribution < -0.4 is 10.6 Å². The first-order chi connectivity index (χ1) is 12.0. The van der Waals surface area contributed by atoms with Gasteiger partial charge in [0.2, 0.25) is 5.91 Å². The molecule has 0 unspecified atom stereocenters. The number of ether oxygens (including phenoxy) is 2. The quantitative estimate of drug-likeness (QED) is 0.535. The third kappa shape index (κ3) is 10.9. The molecule has 2 N–H and O–H groups in total. The Morgan fingerprint density at radius 1 is 0.960 bits per heavy atom. The van der Waals surface area contributed by atoms with E-state index in [4.69, 9.17) is 9.47 Å². The lowest BCUT2D eigenvalue weighted by Gasteiger charge is -2.10. The molecule has 0 aliphatic carbocycles. The largest absolute Gasteiger partial charge is 0.379 e. The Morgan fingerprint density at radius 3 is 2.20 bits per heavy atom. The molecule has 0 atom stereocenters. The first kappa shape index (κ1) is 21.6. The van der Waals surface area contributed by atoms with Gasteiger partial charge in [0.05, 0.1) is 26.4 Å². The maximum Gasteiger partial charge on any atom is 0.238 e. The predicted molar refractivity (Wildman–Crippen MR) is 103 cm³/mol. The Balaban J connectivity index is 2.00. The van der Waals surface area contributed by atoms with Crippen LogP contribution in [0.2, 0.25) is 0 Å². The number of anilines is 1. The highest BCUT2D eigenvalue weighted by molar-refractivity contribution is 5.92. The third-order valence-electron chi connectivity index (χ3n) is 3.78. The molecule has 5 heteroatoms. The first-order valence-corrected chi connectivity index (χ1v) is 9.25. The SMILES string of the molecule is CC(C)CCOCCOCCNCC(=O)Nc1ccc(C(C)C)cc1. The Kier molecular flexibility index (Phi) is 11.1. The van der Waals surface area contributed by atoms with Crippen molar-refractivity contribution in [2.24, 2.45) is 5.92 Å². The molecule has 1 aromatic rings. The van der Waals surface area contributed by atoms with Crippen LogP contribution in [0.15, 0.2) is 24.3 Å². The molecule has 1 amide bonds. The van der Waals surface area contributed by atoms with Gasteiger partial charge in [0.1, 0.15) is 0 Å². The Bertz CT molecular complexity index is 472. The van der Waals surface area contributed by atoms with Gasteiger partial charge in [-0.15, -0.1) is 0 Å². The average Bonchev–Trinajstić information content (AvgIpc) is 2.56. The molecule has 0 saturated carbocycles. The fraction of sp³-hybridized carbons (Fsp3) is 0.650. The first-order valence-electron chi connectivity index (χ1n) is 9.25. The molecule has 25 heavy (non-hydrogen) atoms. The van der Waals surface area contributed by atoms with Crippen LogP contribution in [0.4, 0.5) is 5.69 Å². The Labute approximate surface area is 152 Å². The minimum atomic E-state index is -0.0469. The Morgan fingerprint density at radius 2 is 1.60 bits per heavy atom. The van der Waals surface area contributed by atoms with Crippen molar-refractivity contribution in [3.63, 3.8) is 0 Å². The van der Waals surface area contributed by atoms with Gasteiger partial charge >= 0.3 is 0 Å². The number of amides is 1. The van der Waals surface area contributed by atoms with Crippen LogP contribution in [0, 0.1) is 5.92 Å². The Hall–Kier alpha value is -1.43. The van der Waals surface area contributed by atoms with E-state index in [1.54, 1.807) is 0 Å². The zero-order valence-corrected chi connectivity index (χ0v) is 16.1. The summed E-state index contributed by atoms with van der Waals surface area (Å²) in [6.07, 6.45) is 1.08. The molecule has 0 heterocycles. The van der Waals surface area contributed by atoms with Gasteiger partial charge in [-0.2, -0.15) is 0 Å². The number of rotatable bonds is 13. The summed E-state index contributed by atoms with van der Waals surface area (Å²) >= 11 is 0. The van der Waals surface area contributed by atoms with Crippen molar-refractivity contribution in [2.75, 3.05) is 44.8 Å². The second kappa shape index (κ2) is 12.9. The molecule has 0 radical (unpaired) electrons. The van der Waals surface area contributed by atoms with E-state index in [9.17, 15) is 4.79 Å². The van der Waals surface area contributed by atoms with Gasteiger partial charge < -0.3 is 20.1 Å². The molecule has 0 aliphatic rings. The number of benzene rings is 1. The monoisotopic (exact) mass is 350 g/mol. The van der Waals surface area contributed by atoms with Crippen LogP contribution in [0.3, 0.4) is 0 Å². The molecule has 0 fully saturated rings. The lowest BCUT2D eigenvalue weighted by molar-refractivity contribution is -0.115. The third-order valence-corrected chi connectivity index (χ3v) is 3.78. The number of carbonyl (C=O) groups is 1. The minimum Gasteiger partial charge on any atom is -0.379 e. The zero-order valence-electron chi connectivity index (χ0n) is 16.1. The molecule has 1 rings (SSSR count). The van der Waals surface area contributed by atoms with Crippen LogP contribution in [0.5, 0.6) is 0 Å². The average molecular weight is 351 g/mol. The number of hydrogen-bond donors (Lipinski definition) is 2. The summed E-state index contributed by atoms with van der Waals surface area (Å²) in [6, 6.07) is 7.97. The zero-order chi connectivity index (χ0) is 18.5. The summed E-state index contributed by atoms with van der Waals surface area (Å²) in [6.45, 7) is 12.2. The van der Waals surface area contributed by atoms with E-state index >= 15 is 0 Å². The molecule has 0 aromatic heterocycles. The van der Waals surface area contributed by atoms with Crippen LogP contribution >= 0.6 is 0 Å². The lowest BCUT2D eigenvalue weighted by Crippen LogP contribution is -2.30. The van der Waals surface area contributed by atoms with Gasteiger partial charge in [-0.3, -0.25) is 4.79 Å². The van der Waals surface area contributed by atoms with Crippen molar-refractivity contribution >= 4 is 11.6 Å². The van der Waals surface area contributed by atoms with Gasteiger partial charge in [-0.05, 0) is 36.0 Å². The number of nitrogens with one attached hydrogen (secondary N) is 2. The van der Waals surface area contributed by atoms with Crippen LogP contribution in [-0.4, -0.2) is 45.4 Å². The highest BCUT2D eigenvalue weighted by atomic mass is 16.5. The molecule has 0 aliphatic heterocycles. The summed E-state index contributed by atoms with van der Waals surface area (Å²) in [5.74, 6) is 1.12. The standard InChI is InChI=1S/C20H34N2O3/c1-16(2)9-11-24-13-14-25-12-10-21-15-20(23)22-19-7-5-18(6-8-19)17(3)4/h5-8,16-17,21H,9-15H2,1-4H3,(H,22,23). The smallest absolute Gasteiger partial charge is 0.238 e. The topological polar surface area (TPSA) is 59.6 Å². The lowest BCUT2D eigenvalue weighted by atomic mass is 10.0. The van der Waals surface area contributed by atoms with E-state index in [0.29, 0.717) is 38.2 Å². The van der Waals surface area contributed by atoms with Gasteiger partial charge in [-0.25, -0.2) is 0 Å². The van der Waals surface area contributed by atoms with E-state index in [-0.39, 0.29) is 12.5 Å². The highest BCUT2D eigenvalue weighted by Crippen LogP contribution is 2.16. The van der Waals surface area contributed by atoms with Crippen molar-refractivity contribution in [2.45, 2.75) is 40.0 Å². The van der Waals surface area contributed by atoms with Gasteiger partial charge in [0, 0.05) is 18.8 Å². The number of hydrogen-bond acceptors (Lipinski definition) is 4. The summed E-state index contributed by atoms with van der Waals surface area (Å²) in [4.78, 5) is 11.9. The molecular weight excluding hydrogens is 316 g/mol. The highest BCUT2D eigenvalue weighted by Gasteiger charge is 2.03. The van der Waals surface area contributed by atoms with E-state index in [0.717, 1.165) is 18.7 Å². The molecule has 0 saturated heterocycles. The summed E-state index contributed by atoms with van der Waals surface area (Å²) in [5.41, 5.74) is 2.09. The summed E-state index contributed by atoms with van der Waals surface area (Å²) in [5, 5.41) is 5.95. The van der Waals surface area contributed by atoms with E-state index in [1.807, 2.05) is 24.3 Å². The van der Waals surface area contributed by atoms with Crippen molar-refractivity contribution in [1.82, 2.24) is 5.32 Å². The van der Waals surface area contributed by atoms with Crippen LogP contribution in [0.25, 0.3) is 0 Å². The van der Waals surface area contributed by atoms with Crippen LogP contribution in [0.1, 0.15) is 45.6 Å². The molecule has 5 nitrogen and oxygen atoms in total. The van der Waals surface area contributed by atoms with Crippen molar-refractivity contribution < 1.29 is 14.3 Å². The van der Waals surface area contributed by atoms with Crippen molar-refractivity contribution in [1.29, 1.82) is 0 Å². The van der Waals surface area contributed by atoms with Gasteiger partial charge in [0.25, 0.3) is 0 Å². The second-order valence-corrected chi connectivity index (χ2v) is 6.91. The molecule has 0 bridgehead atoms. The second-order valence-electron chi connectivity index (χ2n) is 6.91. The van der Waals surface area contributed by atoms with Gasteiger partial charge in [0.15, 0.2) is 0 Å². The fourth-order valence-corrected chi connectivity index (χ4v) is 2.14. The normalized spacial score (nSPS) is 11.3. The van der Waals surface area contributed by atoms with E-state index in [1.165, 1.54) is 5.56 Å². The fourth-order valence-electron chi connectivity index (χ4n) is 2.14. The van der Waals surface area contributed by atoms with E-state index < -0.39 is 0 Å². The predicted octanol–water partition coefficient (Wildman–Crippen LogP) is 3.42. The van der Waals surface area contributed by atoms with E-state index in [2.05, 4.69) is 38.3 Å². The molecule has 0 spiro atoms. The van der Waals surface area contributed by atoms with Crippen LogP contribution in [-0.2, 0) is 14.3 Å². The maximum absolute atomic E-state index is 11.9. The van der Waals surface area contributed by atoms with Crippen molar-refractivity contribution in [3.05, 3.63) is 29.8 Å². The number of carbonyl (C=O) groups excluding carboxylic acids is 1. The van der Waals surface area contributed by atoms with Crippen molar-refractivity contribution in [3.8, 4) is 0 Å². The molecule has 142 valence electrons. The summed E-state index contributed by atoms with van der Waals surface area (Å²) < 4.78 is 10.9.